The molecule has 1 aliphatic heterocycles. The van der Waals surface area contributed by atoms with Crippen molar-refractivity contribution in [1.82, 2.24) is 4.90 Å². The van der Waals surface area contributed by atoms with Gasteiger partial charge in [-0.2, -0.15) is 0 Å². The van der Waals surface area contributed by atoms with E-state index < -0.39 is 43.2 Å². The van der Waals surface area contributed by atoms with Gasteiger partial charge in [0.1, 0.15) is 18.3 Å². The zero-order valence-electron chi connectivity index (χ0n) is 11.1. The number of likely N-dealkylation sites (tertiary alicyclic amines) is 1. The Morgan fingerprint density at radius 1 is 1.21 bits per heavy atom. The lowest BCUT2D eigenvalue weighted by atomic mass is 9.96. The molecule has 19 heavy (non-hydrogen) atoms. The summed E-state index contributed by atoms with van der Waals surface area (Å²) in [5.74, 6) is 0. The van der Waals surface area contributed by atoms with Gasteiger partial charge in [0.2, 0.25) is 0 Å². The van der Waals surface area contributed by atoms with Crippen molar-refractivity contribution in [3.8, 4) is 0 Å². The minimum atomic E-state index is -1.57. The van der Waals surface area contributed by atoms with Crippen LogP contribution in [0, 0.1) is 0 Å². The summed E-state index contributed by atoms with van der Waals surface area (Å²) in [5.41, 5.74) is 0. The van der Waals surface area contributed by atoms with Gasteiger partial charge >= 0.3 is 0 Å². The number of hydrogen-bond acceptors (Lipinski definition) is 7. The standard InChI is InChI=1S/C12H25NO6/c1-2-3-4-13-5-7(15)10(17)9(13)12(19)11(18)8(16)6-14/h7-12,14-19H,2-6H2,1H3/t7-,8?,9+,10-,11?,12?/m0/s1. The Morgan fingerprint density at radius 2 is 1.84 bits per heavy atom. The second-order valence-corrected chi connectivity index (χ2v) is 5.13. The fourth-order valence-electron chi connectivity index (χ4n) is 2.47. The van der Waals surface area contributed by atoms with Gasteiger partial charge in [-0.3, -0.25) is 4.90 Å². The molecular weight excluding hydrogens is 254 g/mol. The quantitative estimate of drug-likeness (QED) is 0.299. The Labute approximate surface area is 112 Å². The summed E-state index contributed by atoms with van der Waals surface area (Å²) in [6, 6.07) is -0.849. The molecule has 0 aromatic carbocycles. The van der Waals surface area contributed by atoms with E-state index >= 15 is 0 Å². The summed E-state index contributed by atoms with van der Waals surface area (Å²) in [4.78, 5) is 1.71. The van der Waals surface area contributed by atoms with Gasteiger partial charge in [-0.15, -0.1) is 0 Å². The van der Waals surface area contributed by atoms with E-state index in [2.05, 4.69) is 0 Å². The zero-order chi connectivity index (χ0) is 14.6. The summed E-state index contributed by atoms with van der Waals surface area (Å²) in [7, 11) is 0. The third kappa shape index (κ3) is 3.85. The van der Waals surface area contributed by atoms with Crippen LogP contribution >= 0.6 is 0 Å². The number of rotatable bonds is 7. The van der Waals surface area contributed by atoms with Crippen LogP contribution in [0.15, 0.2) is 0 Å². The number of aliphatic hydroxyl groups excluding tert-OH is 6. The largest absolute Gasteiger partial charge is 0.394 e. The van der Waals surface area contributed by atoms with Gasteiger partial charge in [-0.25, -0.2) is 0 Å². The molecule has 114 valence electrons. The first-order chi connectivity index (χ1) is 8.93. The van der Waals surface area contributed by atoms with Crippen molar-refractivity contribution in [1.29, 1.82) is 0 Å². The number of nitrogens with zero attached hydrogens (tertiary/aromatic N) is 1. The van der Waals surface area contributed by atoms with Crippen LogP contribution in [0.3, 0.4) is 0 Å². The smallest absolute Gasteiger partial charge is 0.110 e. The molecule has 1 saturated heterocycles. The molecule has 0 aromatic rings. The van der Waals surface area contributed by atoms with Crippen LogP contribution in [0.2, 0.25) is 0 Å². The van der Waals surface area contributed by atoms with Crippen molar-refractivity contribution in [3.05, 3.63) is 0 Å². The third-order valence-electron chi connectivity index (χ3n) is 3.67. The van der Waals surface area contributed by atoms with E-state index in [4.69, 9.17) is 5.11 Å². The lowest BCUT2D eigenvalue weighted by Crippen LogP contribution is -2.54. The van der Waals surface area contributed by atoms with Gasteiger partial charge in [0.15, 0.2) is 0 Å². The summed E-state index contributed by atoms with van der Waals surface area (Å²) >= 11 is 0. The van der Waals surface area contributed by atoms with Crippen LogP contribution < -0.4 is 0 Å². The summed E-state index contributed by atoms with van der Waals surface area (Å²) in [5, 5.41) is 57.4. The third-order valence-corrected chi connectivity index (χ3v) is 3.67. The van der Waals surface area contributed by atoms with Gasteiger partial charge in [0.25, 0.3) is 0 Å². The highest BCUT2D eigenvalue weighted by molar-refractivity contribution is 5.00. The fraction of sp³-hybridized carbons (Fsp3) is 1.00. The minimum Gasteiger partial charge on any atom is -0.394 e. The molecule has 6 N–H and O–H groups in total. The molecule has 7 heteroatoms. The highest BCUT2D eigenvalue weighted by Crippen LogP contribution is 2.24. The average Bonchev–Trinajstić information content (AvgIpc) is 2.69. The van der Waals surface area contributed by atoms with Crippen LogP contribution in [0.5, 0.6) is 0 Å². The maximum Gasteiger partial charge on any atom is 0.110 e. The predicted molar refractivity (Wildman–Crippen MR) is 67.4 cm³/mol. The van der Waals surface area contributed by atoms with Crippen molar-refractivity contribution in [2.45, 2.75) is 56.3 Å². The van der Waals surface area contributed by atoms with Gasteiger partial charge in [-0.05, 0) is 13.0 Å². The van der Waals surface area contributed by atoms with E-state index in [-0.39, 0.29) is 6.54 Å². The van der Waals surface area contributed by atoms with Gasteiger partial charge in [0.05, 0.1) is 24.9 Å². The molecule has 0 saturated carbocycles. The Bertz CT molecular complexity index is 267. The highest BCUT2D eigenvalue weighted by atomic mass is 16.4. The number of unbranched alkanes of at least 4 members (excludes halogenated alkanes) is 1. The number of hydrogen-bond donors (Lipinski definition) is 6. The molecular formula is C12H25NO6. The van der Waals surface area contributed by atoms with Crippen LogP contribution in [0.25, 0.3) is 0 Å². The monoisotopic (exact) mass is 279 g/mol. The first-order valence-electron chi connectivity index (χ1n) is 6.69. The SMILES string of the molecule is CCCCN1C[C@H](O)[C@H](O)[C@@H]1C(O)C(O)C(O)CO. The van der Waals surface area contributed by atoms with Crippen LogP contribution in [-0.4, -0.2) is 91.8 Å². The van der Waals surface area contributed by atoms with E-state index in [1.807, 2.05) is 6.92 Å². The van der Waals surface area contributed by atoms with E-state index in [1.54, 1.807) is 4.90 Å². The maximum atomic E-state index is 10.0. The second kappa shape index (κ2) is 7.49. The summed E-state index contributed by atoms with van der Waals surface area (Å²) in [6.45, 7) is 2.11. The van der Waals surface area contributed by atoms with Gasteiger partial charge < -0.3 is 30.6 Å². The maximum absolute atomic E-state index is 10.0. The van der Waals surface area contributed by atoms with Gasteiger partial charge in [0, 0.05) is 6.54 Å². The fourth-order valence-corrected chi connectivity index (χ4v) is 2.47. The van der Waals surface area contributed by atoms with E-state index in [9.17, 15) is 25.5 Å². The normalized spacial score (nSPS) is 33.3. The minimum absolute atomic E-state index is 0.213. The van der Waals surface area contributed by atoms with Crippen molar-refractivity contribution < 1.29 is 30.6 Å². The molecule has 0 aromatic heterocycles. The first-order valence-corrected chi connectivity index (χ1v) is 6.69. The van der Waals surface area contributed by atoms with Crippen LogP contribution in [-0.2, 0) is 0 Å². The van der Waals surface area contributed by atoms with E-state index in [0.29, 0.717) is 6.54 Å². The van der Waals surface area contributed by atoms with Crippen molar-refractivity contribution in [3.63, 3.8) is 0 Å². The molecule has 0 radical (unpaired) electrons. The zero-order valence-corrected chi connectivity index (χ0v) is 11.1. The molecule has 1 aliphatic rings. The number of β-amino-alcohol motifs (C(OH)–C–C–N with tert-alkyl or cyclic N) is 1. The summed E-state index contributed by atoms with van der Waals surface area (Å²) in [6.07, 6.45) is -4.91. The molecule has 6 atom stereocenters. The first kappa shape index (κ1) is 16.8. The Hall–Kier alpha value is -0.280. The Balaban J connectivity index is 2.74. The molecule has 0 aliphatic carbocycles. The molecule has 0 bridgehead atoms. The molecule has 1 rings (SSSR count). The van der Waals surface area contributed by atoms with Crippen molar-refractivity contribution in [2.75, 3.05) is 19.7 Å². The average molecular weight is 279 g/mol. The van der Waals surface area contributed by atoms with Crippen LogP contribution in [0.4, 0.5) is 0 Å². The lowest BCUT2D eigenvalue weighted by molar-refractivity contribution is -0.114. The molecule has 3 unspecified atom stereocenters. The summed E-state index contributed by atoms with van der Waals surface area (Å²) < 4.78 is 0. The molecule has 1 heterocycles. The topological polar surface area (TPSA) is 125 Å². The van der Waals surface area contributed by atoms with Gasteiger partial charge in [-0.1, -0.05) is 13.3 Å². The molecule has 1 fully saturated rings. The second-order valence-electron chi connectivity index (χ2n) is 5.13. The van der Waals surface area contributed by atoms with Crippen molar-refractivity contribution in [2.24, 2.45) is 0 Å². The molecule has 0 amide bonds. The predicted octanol–water partition coefficient (Wildman–Crippen LogP) is -2.73. The van der Waals surface area contributed by atoms with Crippen LogP contribution in [0.1, 0.15) is 19.8 Å². The Morgan fingerprint density at radius 3 is 2.37 bits per heavy atom. The lowest BCUT2D eigenvalue weighted by Gasteiger charge is -2.33. The number of aliphatic hydroxyl groups is 6. The van der Waals surface area contributed by atoms with E-state index in [1.165, 1.54) is 0 Å². The highest BCUT2D eigenvalue weighted by Gasteiger charge is 2.46. The molecule has 7 nitrogen and oxygen atoms in total. The molecule has 0 spiro atoms. The van der Waals surface area contributed by atoms with E-state index in [0.717, 1.165) is 12.8 Å². The Kier molecular flexibility index (Phi) is 6.61. The van der Waals surface area contributed by atoms with Crippen molar-refractivity contribution >= 4 is 0 Å².